The number of carbonyl (C=O) groups is 2. The van der Waals surface area contributed by atoms with Crippen molar-refractivity contribution >= 4 is 29.4 Å². The molecule has 1 aromatic carbocycles. The van der Waals surface area contributed by atoms with E-state index in [0.717, 1.165) is 24.1 Å². The van der Waals surface area contributed by atoms with Crippen molar-refractivity contribution in [1.82, 2.24) is 30.2 Å². The number of nitrogens with one attached hydrogen (secondary N) is 2. The van der Waals surface area contributed by atoms with Crippen LogP contribution < -0.4 is 5.32 Å². The van der Waals surface area contributed by atoms with Gasteiger partial charge in [0, 0.05) is 30.6 Å². The van der Waals surface area contributed by atoms with E-state index in [-0.39, 0.29) is 30.4 Å². The number of ether oxygens (including phenoxy) is 1. The Bertz CT molecular complexity index is 1420. The molecule has 2 aliphatic rings. The van der Waals surface area contributed by atoms with Crippen molar-refractivity contribution in [2.24, 2.45) is 0 Å². The Balaban J connectivity index is 0.000000493. The molecule has 11 nitrogen and oxygen atoms in total. The highest BCUT2D eigenvalue weighted by atomic mass is 35.5. The third-order valence-corrected chi connectivity index (χ3v) is 7.17. The summed E-state index contributed by atoms with van der Waals surface area (Å²) >= 11 is 6.88. The average Bonchev–Trinajstić information content (AvgIpc) is 3.39. The summed E-state index contributed by atoms with van der Waals surface area (Å²) in [5, 5.41) is 28.0. The molecule has 3 N–H and O–H groups in total. The van der Waals surface area contributed by atoms with E-state index in [4.69, 9.17) is 31.6 Å². The average molecular weight is 594 g/mol. The first-order chi connectivity index (χ1) is 19.3. The van der Waals surface area contributed by atoms with Crippen LogP contribution in [0.1, 0.15) is 38.7 Å². The summed E-state index contributed by atoms with van der Waals surface area (Å²) < 4.78 is 39.0. The maximum atomic E-state index is 13.3. The summed E-state index contributed by atoms with van der Waals surface area (Å²) in [4.78, 5) is 27.8. The molecule has 5 rings (SSSR count). The number of hydrogen-bond donors (Lipinski definition) is 3. The molecule has 3 aromatic rings. The van der Waals surface area contributed by atoms with Gasteiger partial charge >= 0.3 is 12.1 Å². The van der Waals surface area contributed by atoms with Crippen molar-refractivity contribution in [2.45, 2.75) is 57.0 Å². The summed E-state index contributed by atoms with van der Waals surface area (Å²) in [6.07, 6.45) is 1.80. The summed E-state index contributed by atoms with van der Waals surface area (Å²) in [5.41, 5.74) is 2.08. The molecule has 2 fully saturated rings. The molecule has 0 spiro atoms. The van der Waals surface area contributed by atoms with Gasteiger partial charge in [0.1, 0.15) is 5.69 Å². The van der Waals surface area contributed by atoms with Gasteiger partial charge in [0.05, 0.1) is 35.0 Å². The van der Waals surface area contributed by atoms with Gasteiger partial charge < -0.3 is 15.2 Å². The number of carboxylic acid groups (broad SMARTS) is 1. The Kier molecular flexibility index (Phi) is 8.63. The van der Waals surface area contributed by atoms with Crippen molar-refractivity contribution in [3.63, 3.8) is 0 Å². The zero-order valence-corrected chi connectivity index (χ0v) is 22.8. The van der Waals surface area contributed by atoms with Gasteiger partial charge in [-0.05, 0) is 44.4 Å². The zero-order valence-electron chi connectivity index (χ0n) is 22.0. The second-order valence-corrected chi connectivity index (χ2v) is 10.2. The third kappa shape index (κ3) is 6.65. The number of pyridine rings is 1. The molecule has 2 aliphatic heterocycles. The van der Waals surface area contributed by atoms with Crippen LogP contribution in [0.2, 0.25) is 5.02 Å². The van der Waals surface area contributed by atoms with Gasteiger partial charge in [0.15, 0.2) is 5.96 Å². The number of guanidine groups is 1. The highest BCUT2D eigenvalue weighted by Crippen LogP contribution is 2.39. The van der Waals surface area contributed by atoms with E-state index < -0.39 is 17.7 Å². The third-order valence-electron chi connectivity index (χ3n) is 6.76. The molecule has 4 heterocycles. The highest BCUT2D eigenvalue weighted by molar-refractivity contribution is 6.34. The van der Waals surface area contributed by atoms with E-state index in [1.54, 1.807) is 28.2 Å². The molecule has 0 unspecified atom stereocenters. The minimum atomic E-state index is -5.08. The normalized spacial score (nSPS) is 22.9. The second kappa shape index (κ2) is 11.8. The summed E-state index contributed by atoms with van der Waals surface area (Å²) in [5.74, 6) is -2.74. The van der Waals surface area contributed by atoms with Gasteiger partial charge in [0.25, 0.3) is 0 Å². The number of halogens is 4. The molecule has 2 saturated heterocycles. The Hall–Kier alpha value is -4.04. The van der Waals surface area contributed by atoms with E-state index in [1.165, 1.54) is 0 Å². The Labute approximate surface area is 237 Å². The Morgan fingerprint density at radius 3 is 2.56 bits per heavy atom. The molecule has 0 saturated carbocycles. The van der Waals surface area contributed by atoms with Crippen LogP contribution in [-0.4, -0.2) is 72.7 Å². The fourth-order valence-electron chi connectivity index (χ4n) is 4.80. The van der Waals surface area contributed by atoms with E-state index in [0.29, 0.717) is 22.9 Å². The molecular weight excluding hydrogens is 567 g/mol. The van der Waals surface area contributed by atoms with Gasteiger partial charge in [-0.25, -0.2) is 9.48 Å². The van der Waals surface area contributed by atoms with Crippen LogP contribution in [0.25, 0.3) is 16.9 Å². The summed E-state index contributed by atoms with van der Waals surface area (Å²) in [7, 11) is 0. The number of nitrogens with zero attached hydrogens (tertiary/aromatic N) is 5. The lowest BCUT2D eigenvalue weighted by Gasteiger charge is -2.45. The Morgan fingerprint density at radius 1 is 1.27 bits per heavy atom. The lowest BCUT2D eigenvalue weighted by Crippen LogP contribution is -2.63. The minimum Gasteiger partial charge on any atom is -0.475 e. The molecule has 0 bridgehead atoms. The van der Waals surface area contributed by atoms with Crippen LogP contribution >= 0.6 is 11.6 Å². The van der Waals surface area contributed by atoms with Crippen molar-refractivity contribution in [1.29, 1.82) is 5.41 Å². The number of benzene rings is 1. The molecule has 0 radical (unpaired) electrons. The fourth-order valence-corrected chi connectivity index (χ4v) is 5.23. The number of aromatic nitrogens is 4. The number of rotatable bonds is 4. The van der Waals surface area contributed by atoms with E-state index >= 15 is 0 Å². The first kappa shape index (κ1) is 29.9. The maximum absolute atomic E-state index is 13.3. The Morgan fingerprint density at radius 2 is 1.95 bits per heavy atom. The standard InChI is InChI=1S/C24H26ClN7O2.C2HF3O2/c1-15-12-17(8-11-34-15)32-21(33)13-24(2,28-23(32)26)19-5-3-4-18(22(19)25)20-14-31(30-29-20)16-6-9-27-10-7-16;3-2(4,5)1(6)7/h3-7,9-10,14-15,17H,8,11-13H2,1-2H3,(H2,26,28);(H,6,7)/t15-,17-,24-;/m0./s1. The monoisotopic (exact) mass is 593 g/mol. The van der Waals surface area contributed by atoms with Gasteiger partial charge in [-0.15, -0.1) is 5.10 Å². The number of amides is 1. The van der Waals surface area contributed by atoms with E-state index in [2.05, 4.69) is 20.6 Å². The number of hydrogen-bond acceptors (Lipinski definition) is 7. The molecule has 218 valence electrons. The van der Waals surface area contributed by atoms with E-state index in [1.807, 2.05) is 44.2 Å². The quantitative estimate of drug-likeness (QED) is 0.409. The van der Waals surface area contributed by atoms with Crippen molar-refractivity contribution < 1.29 is 32.6 Å². The number of carboxylic acids is 1. The van der Waals surface area contributed by atoms with E-state index in [9.17, 15) is 18.0 Å². The predicted octanol–water partition coefficient (Wildman–Crippen LogP) is 4.16. The first-order valence-electron chi connectivity index (χ1n) is 12.5. The minimum absolute atomic E-state index is 0.0363. The van der Waals surface area contributed by atoms with Gasteiger partial charge in [-0.2, -0.15) is 13.2 Å². The smallest absolute Gasteiger partial charge is 0.475 e. The van der Waals surface area contributed by atoms with Gasteiger partial charge in [0.2, 0.25) is 5.91 Å². The van der Waals surface area contributed by atoms with Crippen LogP contribution in [0.5, 0.6) is 0 Å². The van der Waals surface area contributed by atoms with Crippen LogP contribution in [0, 0.1) is 5.41 Å². The van der Waals surface area contributed by atoms with Crippen LogP contribution in [-0.2, 0) is 19.9 Å². The maximum Gasteiger partial charge on any atom is 0.490 e. The molecule has 3 atom stereocenters. The van der Waals surface area contributed by atoms with Crippen molar-refractivity contribution in [3.8, 4) is 16.9 Å². The summed E-state index contributed by atoms with van der Waals surface area (Å²) in [6.45, 7) is 4.49. The number of carbonyl (C=O) groups excluding carboxylic acids is 1. The molecule has 2 aromatic heterocycles. The second-order valence-electron chi connectivity index (χ2n) is 9.83. The first-order valence-corrected chi connectivity index (χ1v) is 12.9. The topological polar surface area (TPSA) is 146 Å². The van der Waals surface area contributed by atoms with Crippen LogP contribution in [0.3, 0.4) is 0 Å². The molecule has 41 heavy (non-hydrogen) atoms. The largest absolute Gasteiger partial charge is 0.490 e. The van der Waals surface area contributed by atoms with Crippen molar-refractivity contribution in [2.75, 3.05) is 6.61 Å². The fraction of sp³-hybridized carbons (Fsp3) is 0.385. The van der Waals surface area contributed by atoms with Gasteiger partial charge in [-0.1, -0.05) is 35.0 Å². The highest BCUT2D eigenvalue weighted by Gasteiger charge is 2.44. The van der Waals surface area contributed by atoms with Gasteiger partial charge in [-0.3, -0.25) is 20.1 Å². The molecule has 15 heteroatoms. The zero-order chi connectivity index (χ0) is 29.9. The molecule has 0 aliphatic carbocycles. The predicted molar refractivity (Wildman–Crippen MR) is 141 cm³/mol. The molecule has 1 amide bonds. The number of aliphatic carboxylic acids is 1. The lowest BCUT2D eigenvalue weighted by molar-refractivity contribution is -0.192. The SMILES string of the molecule is C[C@H]1C[C@@H](N2C(=N)N[C@](C)(c3cccc(-c4cn(-c5ccncc5)nn4)c3Cl)CC2=O)CCO1.O=C(O)C(F)(F)F. The van der Waals surface area contributed by atoms with Crippen LogP contribution in [0.4, 0.5) is 13.2 Å². The molecular formula is C26H27ClF3N7O4. The number of alkyl halides is 3. The summed E-state index contributed by atoms with van der Waals surface area (Å²) in [6, 6.07) is 9.29. The van der Waals surface area contributed by atoms with Crippen molar-refractivity contribution in [3.05, 3.63) is 59.5 Å². The van der Waals surface area contributed by atoms with Crippen LogP contribution in [0.15, 0.2) is 48.9 Å². The lowest BCUT2D eigenvalue weighted by atomic mass is 9.84.